The summed E-state index contributed by atoms with van der Waals surface area (Å²) in [5, 5.41) is 11.4. The summed E-state index contributed by atoms with van der Waals surface area (Å²) in [5.74, 6) is 0. The molecule has 0 bridgehead atoms. The Morgan fingerprint density at radius 2 is 1.86 bits per heavy atom. The van der Waals surface area contributed by atoms with Gasteiger partial charge in [0.25, 0.3) is 15.7 Å². The molecule has 2 heterocycles. The fraction of sp³-hybridized carbons (Fsp3) is 0. The molecule has 0 unspecified atom stereocenters. The van der Waals surface area contributed by atoms with Gasteiger partial charge in [0.1, 0.15) is 0 Å². The van der Waals surface area contributed by atoms with Crippen molar-refractivity contribution >= 4 is 42.5 Å². The van der Waals surface area contributed by atoms with Gasteiger partial charge in [-0.15, -0.1) is 0 Å². The highest BCUT2D eigenvalue weighted by Crippen LogP contribution is 2.29. The van der Waals surface area contributed by atoms with Crippen LogP contribution in [-0.2, 0) is 10.0 Å². The van der Waals surface area contributed by atoms with Crippen molar-refractivity contribution in [1.82, 2.24) is 8.96 Å². The molecule has 1 aromatic carbocycles. The lowest BCUT2D eigenvalue weighted by molar-refractivity contribution is -0.384. The van der Waals surface area contributed by atoms with Gasteiger partial charge in [-0.25, -0.2) is 12.4 Å². The van der Waals surface area contributed by atoms with Gasteiger partial charge < -0.3 is 0 Å². The molecule has 0 atom stereocenters. The fourth-order valence-electron chi connectivity index (χ4n) is 2.06. The van der Waals surface area contributed by atoms with Crippen LogP contribution in [0, 0.1) is 10.1 Å². The summed E-state index contributed by atoms with van der Waals surface area (Å²) in [6.45, 7) is 0. The molecule has 0 saturated heterocycles. The second-order valence-corrected chi connectivity index (χ2v) is 7.09. The highest BCUT2D eigenvalue weighted by atomic mass is 79.9. The topological polar surface area (TPSA) is 95.1 Å². The van der Waals surface area contributed by atoms with E-state index in [4.69, 9.17) is 0 Å². The summed E-state index contributed by atoms with van der Waals surface area (Å²) >= 11 is 3.31. The minimum atomic E-state index is -3.86. The predicted octanol–water partition coefficient (Wildman–Crippen LogP) is 2.94. The Balaban J connectivity index is 2.18. The van der Waals surface area contributed by atoms with E-state index in [0.29, 0.717) is 15.4 Å². The van der Waals surface area contributed by atoms with Crippen LogP contribution in [0.25, 0.3) is 10.9 Å². The maximum absolute atomic E-state index is 12.7. The summed E-state index contributed by atoms with van der Waals surface area (Å²) in [6.07, 6.45) is 4.45. The number of nitro benzene ring substituents is 1. The van der Waals surface area contributed by atoms with E-state index in [9.17, 15) is 18.5 Å². The highest BCUT2D eigenvalue weighted by Gasteiger charge is 2.21. The van der Waals surface area contributed by atoms with Crippen molar-refractivity contribution in [1.29, 1.82) is 0 Å². The van der Waals surface area contributed by atoms with Gasteiger partial charge >= 0.3 is 0 Å². The Morgan fingerprint density at radius 1 is 1.18 bits per heavy atom. The molecule has 7 nitrogen and oxygen atoms in total. The number of fused-ring (bicyclic) bond motifs is 1. The Kier molecular flexibility index (Phi) is 3.45. The van der Waals surface area contributed by atoms with Crippen LogP contribution < -0.4 is 0 Å². The van der Waals surface area contributed by atoms with E-state index in [1.165, 1.54) is 24.5 Å². The molecule has 2 aromatic heterocycles. The second kappa shape index (κ2) is 5.18. The summed E-state index contributed by atoms with van der Waals surface area (Å²) in [5.41, 5.74) is 0.256. The summed E-state index contributed by atoms with van der Waals surface area (Å²) < 4.78 is 27.1. The predicted molar refractivity (Wildman–Crippen MR) is 83.1 cm³/mol. The Bertz CT molecular complexity index is 980. The molecule has 3 aromatic rings. The molecule has 0 amide bonds. The number of aromatic nitrogens is 2. The molecule has 0 aliphatic carbocycles. The zero-order valence-corrected chi connectivity index (χ0v) is 13.3. The van der Waals surface area contributed by atoms with Crippen LogP contribution >= 0.6 is 15.9 Å². The van der Waals surface area contributed by atoms with E-state index in [-0.39, 0.29) is 10.6 Å². The average Bonchev–Trinajstić information content (AvgIpc) is 2.86. The summed E-state index contributed by atoms with van der Waals surface area (Å²) in [6, 6.07) is 6.44. The molecule has 22 heavy (non-hydrogen) atoms. The maximum atomic E-state index is 12.7. The molecule has 0 fully saturated rings. The van der Waals surface area contributed by atoms with Crippen molar-refractivity contribution in [2.45, 2.75) is 4.90 Å². The van der Waals surface area contributed by atoms with E-state index >= 15 is 0 Å². The molecule has 0 N–H and O–H groups in total. The number of pyridine rings is 1. The molecule has 112 valence electrons. The molecule has 0 aliphatic heterocycles. The van der Waals surface area contributed by atoms with Gasteiger partial charge in [-0.3, -0.25) is 15.1 Å². The molecular formula is C13H8BrN3O4S. The fourth-order valence-corrected chi connectivity index (χ4v) is 4.09. The smallest absolute Gasteiger partial charge is 0.262 e. The number of hydrogen-bond acceptors (Lipinski definition) is 5. The standard InChI is InChI=1S/C13H8BrN3O4S/c14-12-8-16(13-7-15-6-5-11(12)13)22(20,21)10-3-1-9(2-4-10)17(18)19/h1-8H. The van der Waals surface area contributed by atoms with Gasteiger partial charge in [-0.1, -0.05) is 0 Å². The first-order chi connectivity index (χ1) is 10.4. The van der Waals surface area contributed by atoms with Gasteiger partial charge in [-0.05, 0) is 34.1 Å². The van der Waals surface area contributed by atoms with Crippen LogP contribution in [0.4, 0.5) is 5.69 Å². The van der Waals surface area contributed by atoms with E-state index in [1.807, 2.05) is 0 Å². The number of nitrogens with zero attached hydrogens (tertiary/aromatic N) is 3. The molecule has 0 spiro atoms. The number of nitro groups is 1. The number of halogens is 1. The van der Waals surface area contributed by atoms with E-state index in [1.54, 1.807) is 12.3 Å². The highest BCUT2D eigenvalue weighted by molar-refractivity contribution is 9.10. The van der Waals surface area contributed by atoms with Gasteiger partial charge in [0.05, 0.1) is 21.5 Å². The number of rotatable bonds is 3. The third-order valence-corrected chi connectivity index (χ3v) is 5.45. The zero-order valence-electron chi connectivity index (χ0n) is 10.9. The average molecular weight is 382 g/mol. The van der Waals surface area contributed by atoms with Crippen LogP contribution in [0.3, 0.4) is 0 Å². The lowest BCUT2D eigenvalue weighted by Gasteiger charge is -2.06. The van der Waals surface area contributed by atoms with Gasteiger partial charge in [-0.2, -0.15) is 0 Å². The lowest BCUT2D eigenvalue weighted by atomic mass is 10.3. The van der Waals surface area contributed by atoms with Crippen molar-refractivity contribution < 1.29 is 13.3 Å². The van der Waals surface area contributed by atoms with E-state index < -0.39 is 14.9 Å². The van der Waals surface area contributed by atoms with E-state index in [0.717, 1.165) is 16.1 Å². The minimum absolute atomic E-state index is 0.0358. The van der Waals surface area contributed by atoms with Crippen molar-refractivity contribution in [2.75, 3.05) is 0 Å². The maximum Gasteiger partial charge on any atom is 0.269 e. The zero-order chi connectivity index (χ0) is 15.9. The SMILES string of the molecule is O=[N+]([O-])c1ccc(S(=O)(=O)n2cc(Br)c3ccncc32)cc1. The number of non-ortho nitro benzene ring substituents is 1. The first-order valence-electron chi connectivity index (χ1n) is 6.02. The van der Waals surface area contributed by atoms with Crippen LogP contribution in [0.15, 0.2) is 58.3 Å². The van der Waals surface area contributed by atoms with Crippen LogP contribution in [0.2, 0.25) is 0 Å². The molecular weight excluding hydrogens is 374 g/mol. The second-order valence-electron chi connectivity index (χ2n) is 4.42. The first-order valence-corrected chi connectivity index (χ1v) is 8.25. The van der Waals surface area contributed by atoms with Crippen molar-refractivity contribution in [3.8, 4) is 0 Å². The third kappa shape index (κ3) is 2.28. The number of benzene rings is 1. The Morgan fingerprint density at radius 3 is 2.50 bits per heavy atom. The Hall–Kier alpha value is -2.26. The molecule has 9 heteroatoms. The molecule has 0 radical (unpaired) electrons. The molecule has 0 saturated carbocycles. The summed E-state index contributed by atoms with van der Waals surface area (Å²) in [4.78, 5) is 14.0. The molecule has 0 aliphatic rings. The first kappa shape index (κ1) is 14.7. The normalized spacial score (nSPS) is 11.7. The van der Waals surface area contributed by atoms with Crippen LogP contribution in [0.5, 0.6) is 0 Å². The minimum Gasteiger partial charge on any atom is -0.262 e. The van der Waals surface area contributed by atoms with Crippen molar-refractivity contribution in [3.63, 3.8) is 0 Å². The van der Waals surface area contributed by atoms with Crippen LogP contribution in [-0.4, -0.2) is 22.3 Å². The summed E-state index contributed by atoms with van der Waals surface area (Å²) in [7, 11) is -3.86. The molecule has 3 rings (SSSR count). The van der Waals surface area contributed by atoms with Gasteiger partial charge in [0.2, 0.25) is 0 Å². The quantitative estimate of drug-likeness (QED) is 0.513. The van der Waals surface area contributed by atoms with Gasteiger partial charge in [0, 0.05) is 34.4 Å². The third-order valence-electron chi connectivity index (χ3n) is 3.13. The largest absolute Gasteiger partial charge is 0.269 e. The lowest BCUT2D eigenvalue weighted by Crippen LogP contribution is -2.11. The van der Waals surface area contributed by atoms with Gasteiger partial charge in [0.15, 0.2) is 0 Å². The monoisotopic (exact) mass is 381 g/mol. The number of hydrogen-bond donors (Lipinski definition) is 0. The van der Waals surface area contributed by atoms with E-state index in [2.05, 4.69) is 20.9 Å². The van der Waals surface area contributed by atoms with Crippen molar-refractivity contribution in [2.24, 2.45) is 0 Å². The Labute approximate surface area is 133 Å². The van der Waals surface area contributed by atoms with Crippen LogP contribution in [0.1, 0.15) is 0 Å². The van der Waals surface area contributed by atoms with Crippen molar-refractivity contribution in [3.05, 3.63) is 63.5 Å².